The molecule has 3 fully saturated rings. The van der Waals surface area contributed by atoms with Gasteiger partial charge >= 0.3 is 6.03 Å². The normalized spacial score (nSPS) is 25.5. The first-order valence-corrected chi connectivity index (χ1v) is 11.1. The second-order valence-electron chi connectivity index (χ2n) is 8.84. The molecule has 3 aliphatic rings. The smallest absolute Gasteiger partial charge is 0.315 e. The van der Waals surface area contributed by atoms with Gasteiger partial charge in [-0.1, -0.05) is 44.0 Å². The number of benzene rings is 1. The zero-order valence-electron chi connectivity index (χ0n) is 17.0. The van der Waals surface area contributed by atoms with E-state index >= 15 is 0 Å². The van der Waals surface area contributed by atoms with Crippen LogP contribution in [-0.4, -0.2) is 42.0 Å². The molecule has 2 aliphatic carbocycles. The van der Waals surface area contributed by atoms with E-state index in [0.717, 1.165) is 57.9 Å². The summed E-state index contributed by atoms with van der Waals surface area (Å²) >= 11 is 0. The molecule has 5 nitrogen and oxygen atoms in total. The molecule has 28 heavy (non-hydrogen) atoms. The van der Waals surface area contributed by atoms with Gasteiger partial charge in [-0.2, -0.15) is 0 Å². The molecule has 0 bridgehead atoms. The Labute approximate surface area is 168 Å². The van der Waals surface area contributed by atoms with Crippen LogP contribution in [-0.2, 0) is 11.2 Å². The van der Waals surface area contributed by atoms with Crippen LogP contribution < -0.4 is 10.6 Å². The Hall–Kier alpha value is -2.04. The predicted octanol–water partition coefficient (Wildman–Crippen LogP) is 3.59. The number of rotatable bonds is 5. The van der Waals surface area contributed by atoms with Crippen molar-refractivity contribution in [2.45, 2.75) is 76.3 Å². The van der Waals surface area contributed by atoms with Crippen LogP contribution in [0.4, 0.5) is 4.79 Å². The monoisotopic (exact) mass is 383 g/mol. The topological polar surface area (TPSA) is 61.4 Å². The van der Waals surface area contributed by atoms with Crippen molar-refractivity contribution in [2.24, 2.45) is 5.92 Å². The van der Waals surface area contributed by atoms with Gasteiger partial charge in [0.1, 0.15) is 0 Å². The van der Waals surface area contributed by atoms with Crippen LogP contribution in [0.25, 0.3) is 0 Å². The fourth-order valence-electron chi connectivity index (χ4n) is 4.72. The van der Waals surface area contributed by atoms with Crippen molar-refractivity contribution in [3.63, 3.8) is 0 Å². The van der Waals surface area contributed by atoms with Crippen LogP contribution in [0.5, 0.6) is 0 Å². The van der Waals surface area contributed by atoms with Crippen LogP contribution in [0, 0.1) is 5.92 Å². The number of nitrogens with zero attached hydrogens (tertiary/aromatic N) is 1. The van der Waals surface area contributed by atoms with E-state index in [0.29, 0.717) is 18.5 Å². The van der Waals surface area contributed by atoms with E-state index < -0.39 is 0 Å². The minimum Gasteiger partial charge on any atom is -0.340 e. The van der Waals surface area contributed by atoms with Gasteiger partial charge in [0.15, 0.2) is 0 Å². The lowest BCUT2D eigenvalue weighted by Crippen LogP contribution is -2.54. The maximum atomic E-state index is 13.1. The third-order valence-electron chi connectivity index (χ3n) is 6.57. The summed E-state index contributed by atoms with van der Waals surface area (Å²) in [4.78, 5) is 27.4. The first-order valence-electron chi connectivity index (χ1n) is 11.1. The zero-order valence-corrected chi connectivity index (χ0v) is 17.0. The van der Waals surface area contributed by atoms with Crippen molar-refractivity contribution in [1.82, 2.24) is 15.5 Å². The summed E-state index contributed by atoms with van der Waals surface area (Å²) < 4.78 is 0. The SMILES string of the molecule is CCc1ccc(C2CC(NC(=O)NC3CC3)CN(C(=O)C3CCCC3)C2)cc1. The van der Waals surface area contributed by atoms with Gasteiger partial charge in [0.2, 0.25) is 5.91 Å². The lowest BCUT2D eigenvalue weighted by Gasteiger charge is -2.39. The summed E-state index contributed by atoms with van der Waals surface area (Å²) in [7, 11) is 0. The molecule has 2 unspecified atom stereocenters. The molecule has 1 aromatic carbocycles. The van der Waals surface area contributed by atoms with E-state index in [1.807, 2.05) is 4.90 Å². The van der Waals surface area contributed by atoms with Crippen LogP contribution in [0.15, 0.2) is 24.3 Å². The van der Waals surface area contributed by atoms with Gasteiger partial charge in [0, 0.05) is 37.0 Å². The van der Waals surface area contributed by atoms with Crippen molar-refractivity contribution >= 4 is 11.9 Å². The lowest BCUT2D eigenvalue weighted by molar-refractivity contribution is -0.137. The van der Waals surface area contributed by atoms with Gasteiger partial charge in [-0.05, 0) is 49.7 Å². The average molecular weight is 384 g/mol. The predicted molar refractivity (Wildman–Crippen MR) is 110 cm³/mol. The molecule has 152 valence electrons. The molecular formula is C23H33N3O2. The molecule has 0 radical (unpaired) electrons. The third kappa shape index (κ3) is 4.68. The van der Waals surface area contributed by atoms with E-state index in [1.54, 1.807) is 0 Å². The second-order valence-corrected chi connectivity index (χ2v) is 8.84. The van der Waals surface area contributed by atoms with Gasteiger partial charge in [-0.3, -0.25) is 4.79 Å². The molecule has 2 N–H and O–H groups in total. The highest BCUT2D eigenvalue weighted by atomic mass is 16.2. The fraction of sp³-hybridized carbons (Fsp3) is 0.652. The van der Waals surface area contributed by atoms with Gasteiger partial charge in [0.25, 0.3) is 0 Å². The number of carbonyl (C=O) groups is 2. The molecular weight excluding hydrogens is 350 g/mol. The molecule has 0 spiro atoms. The molecule has 1 aromatic rings. The third-order valence-corrected chi connectivity index (χ3v) is 6.57. The lowest BCUT2D eigenvalue weighted by atomic mass is 9.86. The Kier molecular flexibility index (Phi) is 5.88. The van der Waals surface area contributed by atoms with Gasteiger partial charge in [-0.15, -0.1) is 0 Å². The van der Waals surface area contributed by atoms with Crippen molar-refractivity contribution in [2.75, 3.05) is 13.1 Å². The van der Waals surface area contributed by atoms with Gasteiger partial charge < -0.3 is 15.5 Å². The van der Waals surface area contributed by atoms with Crippen molar-refractivity contribution in [3.8, 4) is 0 Å². The Morgan fingerprint density at radius 2 is 1.64 bits per heavy atom. The fourth-order valence-corrected chi connectivity index (χ4v) is 4.72. The number of likely N-dealkylation sites (tertiary alicyclic amines) is 1. The number of piperidine rings is 1. The zero-order chi connectivity index (χ0) is 19.5. The Morgan fingerprint density at radius 3 is 2.29 bits per heavy atom. The molecule has 0 aromatic heterocycles. The van der Waals surface area contributed by atoms with Gasteiger partial charge in [-0.25, -0.2) is 4.79 Å². The molecule has 5 heteroatoms. The van der Waals surface area contributed by atoms with E-state index in [1.165, 1.54) is 11.1 Å². The minimum absolute atomic E-state index is 0.00806. The first-order chi connectivity index (χ1) is 13.6. The Morgan fingerprint density at radius 1 is 0.964 bits per heavy atom. The summed E-state index contributed by atoms with van der Waals surface area (Å²) in [6, 6.07) is 9.06. The van der Waals surface area contributed by atoms with E-state index in [2.05, 4.69) is 41.8 Å². The number of carbonyl (C=O) groups excluding carboxylic acids is 2. The number of aryl methyl sites for hydroxylation is 1. The van der Waals surface area contributed by atoms with Crippen LogP contribution in [0.1, 0.15) is 68.9 Å². The minimum atomic E-state index is -0.0808. The second kappa shape index (κ2) is 8.54. The Balaban J connectivity index is 1.47. The summed E-state index contributed by atoms with van der Waals surface area (Å²) in [6.45, 7) is 3.57. The molecule has 1 aliphatic heterocycles. The number of nitrogens with one attached hydrogen (secondary N) is 2. The number of hydrogen-bond acceptors (Lipinski definition) is 2. The number of urea groups is 1. The molecule has 1 saturated heterocycles. The highest BCUT2D eigenvalue weighted by Gasteiger charge is 2.35. The maximum Gasteiger partial charge on any atom is 0.315 e. The standard InChI is InChI=1S/C23H33N3O2/c1-2-16-7-9-17(10-8-16)19-13-21(25-23(28)24-20-11-12-20)15-26(14-19)22(27)18-5-3-4-6-18/h7-10,18-21H,2-6,11-15H2,1H3,(H2,24,25,28). The van der Waals surface area contributed by atoms with E-state index in [-0.39, 0.29) is 23.9 Å². The molecule has 4 rings (SSSR count). The Bertz CT molecular complexity index is 692. The van der Waals surface area contributed by atoms with Crippen molar-refractivity contribution in [3.05, 3.63) is 35.4 Å². The van der Waals surface area contributed by atoms with Crippen LogP contribution >= 0.6 is 0 Å². The van der Waals surface area contributed by atoms with E-state index in [9.17, 15) is 9.59 Å². The summed E-state index contributed by atoms with van der Waals surface area (Å²) in [5, 5.41) is 6.16. The quantitative estimate of drug-likeness (QED) is 0.816. The summed E-state index contributed by atoms with van der Waals surface area (Å²) in [5.74, 6) is 0.750. The highest BCUT2D eigenvalue weighted by molar-refractivity contribution is 5.80. The molecule has 2 saturated carbocycles. The van der Waals surface area contributed by atoms with Gasteiger partial charge in [0.05, 0.1) is 0 Å². The largest absolute Gasteiger partial charge is 0.340 e. The molecule has 2 atom stereocenters. The van der Waals surface area contributed by atoms with E-state index in [4.69, 9.17) is 0 Å². The van der Waals surface area contributed by atoms with Crippen molar-refractivity contribution in [1.29, 1.82) is 0 Å². The van der Waals surface area contributed by atoms with Crippen LogP contribution in [0.2, 0.25) is 0 Å². The summed E-state index contributed by atoms with van der Waals surface area (Å²) in [6.07, 6.45) is 8.44. The average Bonchev–Trinajstić information content (AvgIpc) is 3.35. The highest BCUT2D eigenvalue weighted by Crippen LogP contribution is 2.32. The maximum absolute atomic E-state index is 13.1. The van der Waals surface area contributed by atoms with Crippen molar-refractivity contribution < 1.29 is 9.59 Å². The first kappa shape index (κ1) is 19.3. The van der Waals surface area contributed by atoms with Crippen LogP contribution in [0.3, 0.4) is 0 Å². The summed E-state index contributed by atoms with van der Waals surface area (Å²) in [5.41, 5.74) is 2.60. The molecule has 1 heterocycles. The number of amides is 3. The molecule has 3 amide bonds. The number of hydrogen-bond donors (Lipinski definition) is 2.